The number of carbonyl (C=O) groups excluding carboxylic acids is 4. The van der Waals surface area contributed by atoms with E-state index in [0.29, 0.717) is 96.7 Å². The minimum Gasteiger partial charge on any atom is -0.378 e. The predicted molar refractivity (Wildman–Crippen MR) is 571 cm³/mol. The van der Waals surface area contributed by atoms with Crippen LogP contribution in [0.2, 0.25) is 0 Å². The minimum absolute atomic E-state index is 0.141. The van der Waals surface area contributed by atoms with E-state index in [1.54, 1.807) is 43.8 Å². The Morgan fingerprint density at radius 1 is 0.291 bits per heavy atom. The highest BCUT2D eigenvalue weighted by molar-refractivity contribution is 5.96. The largest absolute Gasteiger partial charge is 0.378 e. The first kappa shape index (κ1) is 96.8. The molecule has 33 heteroatoms. The summed E-state index contributed by atoms with van der Waals surface area (Å²) in [6.07, 6.45) is 13.2. The van der Waals surface area contributed by atoms with E-state index in [1.807, 2.05) is 265 Å². The van der Waals surface area contributed by atoms with Crippen LogP contribution < -0.4 is 19.6 Å². The third-order valence-corrected chi connectivity index (χ3v) is 27.0. The number of anilines is 4. The zero-order chi connectivity index (χ0) is 101. The van der Waals surface area contributed by atoms with Crippen LogP contribution in [0.5, 0.6) is 0 Å². The summed E-state index contributed by atoms with van der Waals surface area (Å²) in [4.78, 5) is 115. The third kappa shape index (κ3) is 22.9. The van der Waals surface area contributed by atoms with Gasteiger partial charge in [-0.05, 0) is 94.0 Å². The van der Waals surface area contributed by atoms with Gasteiger partial charge in [-0.25, -0.2) is 39.9 Å². The van der Waals surface area contributed by atoms with Crippen LogP contribution in [0.1, 0.15) is 45.0 Å². The summed E-state index contributed by atoms with van der Waals surface area (Å²) in [5.74, 6) is 5.78. The van der Waals surface area contributed by atoms with Gasteiger partial charge in [-0.2, -0.15) is 20.4 Å². The molecule has 0 radical (unpaired) electrons. The van der Waals surface area contributed by atoms with Crippen LogP contribution in [0.15, 0.2) is 286 Å². The van der Waals surface area contributed by atoms with Crippen molar-refractivity contribution in [3.63, 3.8) is 0 Å². The average molecular weight is 1970 g/mol. The molecule has 0 aliphatic carbocycles. The van der Waals surface area contributed by atoms with E-state index in [2.05, 4.69) is 124 Å². The van der Waals surface area contributed by atoms with Crippen LogP contribution in [-0.4, -0.2) is 232 Å². The van der Waals surface area contributed by atoms with Crippen LogP contribution in [0.3, 0.4) is 0 Å². The number of aromatic amines is 4. The molecule has 744 valence electrons. The second kappa shape index (κ2) is 44.9. The van der Waals surface area contributed by atoms with Gasteiger partial charge in [-0.3, -0.25) is 42.9 Å². The Labute approximate surface area is 853 Å². The van der Waals surface area contributed by atoms with Gasteiger partial charge in [0, 0.05) is 230 Å². The van der Waals surface area contributed by atoms with E-state index in [4.69, 9.17) is 23.9 Å². The number of ketones is 4. The number of H-pyrrole nitrogens is 4. The number of nitrogens with zero attached hydrogens (tertiary/aromatic N) is 21. The molecular weight excluding hydrogens is 1860 g/mol. The number of rotatable bonds is 28. The van der Waals surface area contributed by atoms with Crippen molar-refractivity contribution in [3.05, 3.63) is 331 Å². The highest BCUT2D eigenvalue weighted by atomic mass is 16.5. The Hall–Kier alpha value is -17.3. The first-order valence-corrected chi connectivity index (χ1v) is 49.9. The van der Waals surface area contributed by atoms with Crippen molar-refractivity contribution in [1.82, 2.24) is 104 Å². The number of benzene rings is 7. The van der Waals surface area contributed by atoms with E-state index in [1.165, 1.54) is 0 Å². The summed E-state index contributed by atoms with van der Waals surface area (Å²) in [5.41, 5.74) is 26.4. The molecule has 0 amide bonds. The van der Waals surface area contributed by atoms with Crippen molar-refractivity contribution < 1.29 is 38.1 Å². The SMILES string of the molecule is Cn1nc(-c2ccccc2)cc1CC(=O)Cc1ccc(-c2cc3c(N4CCOCC4)nccc3[nH]2)cc1.Cn1nc(-c2ccccc2)cc1CC(=O)Cc1ccc(-c2cc3c(N4CCOCC4)ncnc3[nH]2)cc1.Cn1nc(-c2ccccc2)cc1CC(=O)Cc1ccc(-c2nc3ncnc(N4CCOCC4)c3[nH]2)cc1.Cn1nc(-c2ccncc2)cc1CC(=O)Cc1ccc(-c2nc3c(N4CCOCC4)nccc3[nH]2)cc1. The van der Waals surface area contributed by atoms with Crippen LogP contribution >= 0.6 is 0 Å². The van der Waals surface area contributed by atoms with Gasteiger partial charge in [-0.1, -0.05) is 188 Å². The van der Waals surface area contributed by atoms with Gasteiger partial charge in [-0.15, -0.1) is 0 Å². The number of hydrogen-bond donors (Lipinski definition) is 4. The number of hydrogen-bond acceptors (Lipinski definition) is 25. The van der Waals surface area contributed by atoms with Gasteiger partial charge in [0.1, 0.15) is 75.8 Å². The Morgan fingerprint density at radius 3 is 1.06 bits per heavy atom. The van der Waals surface area contributed by atoms with Gasteiger partial charge in [0.15, 0.2) is 17.3 Å². The molecule has 4 saturated heterocycles. The predicted octanol–water partition coefficient (Wildman–Crippen LogP) is 16.3. The summed E-state index contributed by atoms with van der Waals surface area (Å²) in [5, 5.41) is 20.4. The molecule has 20 aromatic rings. The first-order valence-electron chi connectivity index (χ1n) is 49.9. The van der Waals surface area contributed by atoms with Crippen molar-refractivity contribution in [1.29, 1.82) is 0 Å². The minimum atomic E-state index is 0.141. The molecule has 0 atom stereocenters. The second-order valence-corrected chi connectivity index (χ2v) is 37.2. The number of nitrogens with one attached hydrogen (secondary N) is 4. The molecule has 13 aromatic heterocycles. The number of imidazole rings is 2. The average Bonchev–Trinajstić information content (AvgIpc) is 1.65. The number of aromatic nitrogens is 21. The number of pyridine rings is 3. The summed E-state index contributed by atoms with van der Waals surface area (Å²) in [6.45, 7) is 12.1. The molecule has 17 heterocycles. The van der Waals surface area contributed by atoms with Crippen LogP contribution in [0, 0.1) is 0 Å². The summed E-state index contributed by atoms with van der Waals surface area (Å²) >= 11 is 0. The van der Waals surface area contributed by atoms with Crippen molar-refractivity contribution in [3.8, 4) is 90.3 Å². The topological polar surface area (TPSA) is 369 Å². The van der Waals surface area contributed by atoms with Crippen molar-refractivity contribution in [2.45, 2.75) is 51.4 Å². The summed E-state index contributed by atoms with van der Waals surface area (Å²) in [6, 6.07) is 82.4. The van der Waals surface area contributed by atoms with Gasteiger partial charge in [0.2, 0.25) is 0 Å². The Bertz CT molecular complexity index is 7070. The van der Waals surface area contributed by atoms with Gasteiger partial charge < -0.3 is 58.5 Å². The molecule has 7 aromatic carbocycles. The fourth-order valence-electron chi connectivity index (χ4n) is 19.1. The fraction of sp³-hybridized carbons (Fsp3) is 0.243. The number of fused-ring (bicyclic) bond motifs is 4. The molecule has 0 unspecified atom stereocenters. The maximum atomic E-state index is 12.9. The number of aryl methyl sites for hydroxylation is 4. The molecule has 4 aliphatic heterocycles. The van der Waals surface area contributed by atoms with E-state index in [-0.39, 0.29) is 23.1 Å². The summed E-state index contributed by atoms with van der Waals surface area (Å²) < 4.78 is 29.1. The van der Waals surface area contributed by atoms with Crippen molar-refractivity contribution >= 4 is 90.5 Å². The van der Waals surface area contributed by atoms with E-state index < -0.39 is 0 Å². The maximum Gasteiger partial charge on any atom is 0.183 e. The van der Waals surface area contributed by atoms with Crippen molar-refractivity contribution in [2.75, 3.05) is 125 Å². The lowest BCUT2D eigenvalue weighted by Crippen LogP contribution is -2.36. The molecule has 0 saturated carbocycles. The number of Topliss-reactive ketones (excluding diaryl/α,β-unsaturated/α-hetero) is 4. The maximum absolute atomic E-state index is 12.9. The molecule has 0 bridgehead atoms. The molecule has 4 aliphatic rings. The van der Waals surface area contributed by atoms with Gasteiger partial charge in [0.25, 0.3) is 0 Å². The lowest BCUT2D eigenvalue weighted by Gasteiger charge is -2.28. The zero-order valence-electron chi connectivity index (χ0n) is 82.8. The number of carbonyl (C=O) groups is 4. The lowest BCUT2D eigenvalue weighted by atomic mass is 10.0. The highest BCUT2D eigenvalue weighted by Crippen LogP contribution is 2.36. The molecule has 0 spiro atoms. The molecule has 33 nitrogen and oxygen atoms in total. The molecule has 4 fully saturated rings. The normalized spacial score (nSPS) is 13.8. The first-order chi connectivity index (χ1) is 72.5. The van der Waals surface area contributed by atoms with E-state index in [0.717, 1.165) is 263 Å². The summed E-state index contributed by atoms with van der Waals surface area (Å²) in [7, 11) is 7.53. The van der Waals surface area contributed by atoms with E-state index >= 15 is 0 Å². The Morgan fingerprint density at radius 2 is 0.635 bits per heavy atom. The molecule has 4 N–H and O–H groups in total. The van der Waals surface area contributed by atoms with Gasteiger partial charge >= 0.3 is 0 Å². The number of ether oxygens (including phenoxy) is 4. The monoisotopic (exact) mass is 1970 g/mol. The second-order valence-electron chi connectivity index (χ2n) is 37.2. The standard InChI is InChI=1S/C30H29N5O2.C29H28N6O2.2C28H27N7O2/c1-34-24(19-29(33-34)22-5-3-2-4-6-22)18-25(36)17-21-7-9-23(10-8-21)28-20-26-27(32-28)11-12-31-30(26)35-13-15-37-16-14-35;1-34-23(17-27(33-34)21-5-3-2-4-6-21)16-24(36)15-20-7-9-22(10-8-20)26-18-25-28(32-26)30-19-31-29(25)35-11-13-37-14-12-35;1-34-22(18-25(33-34)20-6-9-29-10-7-20)17-23(36)16-19-2-4-21(5-3-19)27-31-24-8-11-30-28(26(24)32-27)35-12-14-37-15-13-35;1-34-22(17-24(33-34)20-5-3-2-4-6-20)16-23(36)15-19-7-9-21(10-8-19)26-31-25-27(32-26)29-18-30-28(25)35-11-13-37-14-12-35/h2-12,19-20,32H,13-18H2,1H3;2-10,17-19H,11-16H2,1H3,(H,30,31,32);2-11,18H,12-17H2,1H3,(H,31,32);2-10,17-18H,11-16H2,1H3,(H,29,30,31,32). The number of morpholine rings is 4. The quantitative estimate of drug-likeness (QED) is 0.0354. The zero-order valence-corrected chi connectivity index (χ0v) is 82.8. The highest BCUT2D eigenvalue weighted by Gasteiger charge is 2.27. The van der Waals surface area contributed by atoms with Crippen LogP contribution in [0.25, 0.3) is 134 Å². The van der Waals surface area contributed by atoms with E-state index in [9.17, 15) is 19.2 Å². The smallest absolute Gasteiger partial charge is 0.183 e. The van der Waals surface area contributed by atoms with Crippen LogP contribution in [0.4, 0.5) is 23.3 Å². The fourth-order valence-corrected chi connectivity index (χ4v) is 19.1. The molecule has 148 heavy (non-hydrogen) atoms. The Kier molecular flexibility index (Phi) is 29.4. The van der Waals surface area contributed by atoms with Gasteiger partial charge in [0.05, 0.1) is 92.1 Å². The third-order valence-electron chi connectivity index (χ3n) is 27.0. The molecule has 24 rings (SSSR count). The van der Waals surface area contributed by atoms with Crippen LogP contribution in [-0.2, 0) is 118 Å². The van der Waals surface area contributed by atoms with Crippen molar-refractivity contribution in [2.24, 2.45) is 28.2 Å². The molecular formula is C115H111N25O8. The lowest BCUT2D eigenvalue weighted by molar-refractivity contribution is -0.118. The Balaban J connectivity index is 0.000000116.